The standard InChI is InChI=1S/C32H34F3N3O3/c1-31(2)21-38(20-22-7-13-26(40-3)14-8-22)29(23-9-11-24(12-10-23)32(33,34)35)27(30(31)39)19-25-5-4-6-28(36-25)37-15-17-41-18-16-37/h4-14,19,29H,15-18,20-21H2,1-3H3/b27-19-. The number of pyridine rings is 1. The quantitative estimate of drug-likeness (QED) is 0.333. The minimum absolute atomic E-state index is 0.0491. The number of ketones is 1. The second kappa shape index (κ2) is 11.7. The van der Waals surface area contributed by atoms with Crippen molar-refractivity contribution in [2.24, 2.45) is 5.41 Å². The Morgan fingerprint density at radius 2 is 1.71 bits per heavy atom. The summed E-state index contributed by atoms with van der Waals surface area (Å²) in [5.41, 5.74) is 1.29. The van der Waals surface area contributed by atoms with Crippen molar-refractivity contribution in [3.8, 4) is 5.75 Å². The highest BCUT2D eigenvalue weighted by Crippen LogP contribution is 2.43. The molecule has 0 radical (unpaired) electrons. The van der Waals surface area contributed by atoms with Gasteiger partial charge in [-0.25, -0.2) is 4.98 Å². The molecule has 0 bridgehead atoms. The van der Waals surface area contributed by atoms with Crippen LogP contribution in [0.25, 0.3) is 6.08 Å². The first-order chi connectivity index (χ1) is 19.5. The lowest BCUT2D eigenvalue weighted by Gasteiger charge is -2.44. The number of likely N-dealkylation sites (tertiary alicyclic amines) is 1. The number of hydrogen-bond acceptors (Lipinski definition) is 6. The minimum Gasteiger partial charge on any atom is -0.497 e. The molecule has 216 valence electrons. The van der Waals surface area contributed by atoms with Crippen LogP contribution in [0.15, 0.2) is 72.3 Å². The Bertz CT molecular complexity index is 1400. The van der Waals surface area contributed by atoms with Gasteiger partial charge < -0.3 is 14.4 Å². The number of nitrogens with zero attached hydrogens (tertiary/aromatic N) is 3. The van der Waals surface area contributed by atoms with Crippen molar-refractivity contribution in [3.05, 3.63) is 94.7 Å². The number of alkyl halides is 3. The number of carbonyl (C=O) groups excluding carboxylic acids is 1. The van der Waals surface area contributed by atoms with Gasteiger partial charge in [0.2, 0.25) is 0 Å². The van der Waals surface area contributed by atoms with Crippen LogP contribution in [0.4, 0.5) is 19.0 Å². The summed E-state index contributed by atoms with van der Waals surface area (Å²) in [5, 5.41) is 0. The van der Waals surface area contributed by atoms with Gasteiger partial charge in [0.25, 0.3) is 0 Å². The third-order valence-corrected chi connectivity index (χ3v) is 7.63. The van der Waals surface area contributed by atoms with Gasteiger partial charge in [0.05, 0.1) is 37.6 Å². The number of benzene rings is 2. The summed E-state index contributed by atoms with van der Waals surface area (Å²) in [6.07, 6.45) is -2.65. The zero-order chi connectivity index (χ0) is 29.2. The molecule has 2 aromatic carbocycles. The van der Waals surface area contributed by atoms with Crippen LogP contribution in [0.2, 0.25) is 0 Å². The van der Waals surface area contributed by atoms with Crippen molar-refractivity contribution in [3.63, 3.8) is 0 Å². The van der Waals surface area contributed by atoms with Crippen molar-refractivity contribution in [2.45, 2.75) is 32.6 Å². The molecule has 0 amide bonds. The van der Waals surface area contributed by atoms with E-state index in [2.05, 4.69) is 9.80 Å². The summed E-state index contributed by atoms with van der Waals surface area (Å²) in [6.45, 7) is 7.43. The fourth-order valence-electron chi connectivity index (χ4n) is 5.53. The first-order valence-electron chi connectivity index (χ1n) is 13.7. The second-order valence-corrected chi connectivity index (χ2v) is 11.1. The molecule has 2 aliphatic rings. The van der Waals surface area contributed by atoms with E-state index in [9.17, 15) is 18.0 Å². The Hall–Kier alpha value is -3.69. The summed E-state index contributed by atoms with van der Waals surface area (Å²) in [5.74, 6) is 1.48. The third-order valence-electron chi connectivity index (χ3n) is 7.63. The van der Waals surface area contributed by atoms with Gasteiger partial charge in [-0.3, -0.25) is 9.69 Å². The van der Waals surface area contributed by atoms with E-state index < -0.39 is 23.2 Å². The molecule has 41 heavy (non-hydrogen) atoms. The van der Waals surface area contributed by atoms with Gasteiger partial charge in [-0.15, -0.1) is 0 Å². The summed E-state index contributed by atoms with van der Waals surface area (Å²) >= 11 is 0. The number of hydrogen-bond donors (Lipinski definition) is 0. The molecule has 6 nitrogen and oxygen atoms in total. The van der Waals surface area contributed by atoms with E-state index in [4.69, 9.17) is 14.5 Å². The summed E-state index contributed by atoms with van der Waals surface area (Å²) in [7, 11) is 1.60. The van der Waals surface area contributed by atoms with Crippen molar-refractivity contribution >= 4 is 17.7 Å². The van der Waals surface area contributed by atoms with Gasteiger partial charge in [0.1, 0.15) is 11.6 Å². The molecule has 3 aromatic rings. The lowest BCUT2D eigenvalue weighted by atomic mass is 9.74. The Kier molecular flexibility index (Phi) is 8.20. The third kappa shape index (κ3) is 6.47. The monoisotopic (exact) mass is 565 g/mol. The molecule has 0 N–H and O–H groups in total. The number of piperidine rings is 1. The molecular formula is C32H34F3N3O3. The minimum atomic E-state index is -4.45. The molecule has 2 saturated heterocycles. The topological polar surface area (TPSA) is 54.9 Å². The smallest absolute Gasteiger partial charge is 0.416 e. The van der Waals surface area contributed by atoms with E-state index in [1.54, 1.807) is 13.2 Å². The summed E-state index contributed by atoms with van der Waals surface area (Å²) in [4.78, 5) is 23.1. The zero-order valence-corrected chi connectivity index (χ0v) is 23.4. The maximum Gasteiger partial charge on any atom is 0.416 e. The Morgan fingerprint density at radius 3 is 2.34 bits per heavy atom. The summed E-state index contributed by atoms with van der Waals surface area (Å²) in [6, 6.07) is 17.9. The van der Waals surface area contributed by atoms with Gasteiger partial charge in [0.15, 0.2) is 5.78 Å². The van der Waals surface area contributed by atoms with Crippen LogP contribution in [0.3, 0.4) is 0 Å². The predicted octanol–water partition coefficient (Wildman–Crippen LogP) is 6.18. The number of Topliss-reactive ketones (excluding diaryl/α,β-unsaturated/α-hetero) is 1. The number of aromatic nitrogens is 1. The lowest BCUT2D eigenvalue weighted by molar-refractivity contribution is -0.137. The normalized spacial score (nSPS) is 20.8. The first kappa shape index (κ1) is 28.8. The number of halogens is 3. The molecule has 9 heteroatoms. The Labute approximate surface area is 238 Å². The molecule has 0 saturated carbocycles. The SMILES string of the molecule is COc1ccc(CN2CC(C)(C)C(=O)/C(=C\c3cccc(N4CCOCC4)n3)C2c2ccc(C(F)(F)F)cc2)cc1. The number of morpholine rings is 1. The van der Waals surface area contributed by atoms with E-state index in [0.29, 0.717) is 43.1 Å². The van der Waals surface area contributed by atoms with Crippen LogP contribution in [-0.2, 0) is 22.3 Å². The van der Waals surface area contributed by atoms with E-state index >= 15 is 0 Å². The van der Waals surface area contributed by atoms with Gasteiger partial charge in [-0.1, -0.05) is 44.2 Å². The van der Waals surface area contributed by atoms with Crippen LogP contribution in [0.5, 0.6) is 5.75 Å². The Morgan fingerprint density at radius 1 is 1.02 bits per heavy atom. The molecular weight excluding hydrogens is 531 g/mol. The van der Waals surface area contributed by atoms with Crippen molar-refractivity contribution in [1.82, 2.24) is 9.88 Å². The van der Waals surface area contributed by atoms with Crippen LogP contribution in [-0.4, -0.2) is 55.6 Å². The predicted molar refractivity (Wildman–Crippen MR) is 152 cm³/mol. The van der Waals surface area contributed by atoms with Crippen LogP contribution in [0.1, 0.15) is 42.3 Å². The fraction of sp³-hybridized carbons (Fsp3) is 0.375. The van der Waals surface area contributed by atoms with Crippen LogP contribution >= 0.6 is 0 Å². The zero-order valence-electron chi connectivity index (χ0n) is 23.4. The van der Waals surface area contributed by atoms with E-state index in [0.717, 1.165) is 42.4 Å². The number of anilines is 1. The van der Waals surface area contributed by atoms with Gasteiger partial charge in [-0.05, 0) is 53.6 Å². The average Bonchev–Trinajstić information content (AvgIpc) is 2.96. The molecule has 0 spiro atoms. The van der Waals surface area contributed by atoms with Crippen molar-refractivity contribution < 1.29 is 27.4 Å². The van der Waals surface area contributed by atoms with Gasteiger partial charge >= 0.3 is 6.18 Å². The van der Waals surface area contributed by atoms with Gasteiger partial charge in [0, 0.05) is 37.2 Å². The highest BCUT2D eigenvalue weighted by Gasteiger charge is 2.44. The molecule has 2 fully saturated rings. The average molecular weight is 566 g/mol. The van der Waals surface area contributed by atoms with Crippen molar-refractivity contribution in [2.75, 3.05) is 44.9 Å². The van der Waals surface area contributed by atoms with E-state index in [-0.39, 0.29) is 5.78 Å². The van der Waals surface area contributed by atoms with Gasteiger partial charge in [-0.2, -0.15) is 13.2 Å². The summed E-state index contributed by atoms with van der Waals surface area (Å²) < 4.78 is 51.0. The van der Waals surface area contributed by atoms with E-state index in [1.807, 2.05) is 56.3 Å². The number of carbonyl (C=O) groups is 1. The fourth-order valence-corrected chi connectivity index (χ4v) is 5.53. The molecule has 3 heterocycles. The molecule has 1 aromatic heterocycles. The van der Waals surface area contributed by atoms with Crippen LogP contribution < -0.4 is 9.64 Å². The highest BCUT2D eigenvalue weighted by molar-refractivity contribution is 6.05. The molecule has 0 aliphatic carbocycles. The number of ether oxygens (including phenoxy) is 2. The van der Waals surface area contributed by atoms with Crippen molar-refractivity contribution in [1.29, 1.82) is 0 Å². The maximum atomic E-state index is 14.0. The Balaban J connectivity index is 1.58. The number of methoxy groups -OCH3 is 1. The second-order valence-electron chi connectivity index (χ2n) is 11.1. The van der Waals surface area contributed by atoms with E-state index in [1.165, 1.54) is 12.1 Å². The number of rotatable bonds is 6. The maximum absolute atomic E-state index is 14.0. The highest BCUT2D eigenvalue weighted by atomic mass is 19.4. The molecule has 5 rings (SSSR count). The largest absolute Gasteiger partial charge is 0.497 e. The van der Waals surface area contributed by atoms with Crippen LogP contribution in [0, 0.1) is 5.41 Å². The lowest BCUT2D eigenvalue weighted by Crippen LogP contribution is -2.49. The molecule has 1 atom stereocenters. The molecule has 1 unspecified atom stereocenters. The molecule has 2 aliphatic heterocycles. The first-order valence-corrected chi connectivity index (χ1v) is 13.7.